The molecule has 0 saturated carbocycles. The van der Waals surface area contributed by atoms with Crippen LogP contribution in [0.25, 0.3) is 0 Å². The molecule has 9 heteroatoms. The molecule has 31 heavy (non-hydrogen) atoms. The summed E-state index contributed by atoms with van der Waals surface area (Å²) < 4.78 is 28.2. The van der Waals surface area contributed by atoms with Crippen molar-refractivity contribution in [3.63, 3.8) is 0 Å². The lowest BCUT2D eigenvalue weighted by Crippen LogP contribution is -2.50. The molecule has 3 aromatic carbocycles. The first-order chi connectivity index (χ1) is 14.8. The maximum atomic E-state index is 13.4. The van der Waals surface area contributed by atoms with Gasteiger partial charge in [0.05, 0.1) is 21.8 Å². The first-order valence-corrected chi connectivity index (χ1v) is 12.4. The third-order valence-corrected chi connectivity index (χ3v) is 8.43. The average Bonchev–Trinajstić information content (AvgIpc) is 2.74. The highest BCUT2D eigenvalue weighted by molar-refractivity contribution is 7.89. The first-order valence-electron chi connectivity index (χ1n) is 9.49. The number of hydrogen-bond donors (Lipinski definition) is 0. The molecule has 1 heterocycles. The molecule has 0 radical (unpaired) electrons. The summed E-state index contributed by atoms with van der Waals surface area (Å²) in [5, 5.41) is 1.86. The number of nitrogens with zero attached hydrogens (tertiary/aromatic N) is 2. The van der Waals surface area contributed by atoms with Crippen molar-refractivity contribution in [1.29, 1.82) is 0 Å². The van der Waals surface area contributed by atoms with Crippen LogP contribution in [0.2, 0.25) is 20.1 Å². The summed E-state index contributed by atoms with van der Waals surface area (Å²) in [6.45, 7) is 0.961. The van der Waals surface area contributed by atoms with Gasteiger partial charge in [-0.05, 0) is 48.0 Å². The summed E-state index contributed by atoms with van der Waals surface area (Å²) >= 11 is 24.8. The normalized spacial score (nSPS) is 17.7. The van der Waals surface area contributed by atoms with Crippen LogP contribution >= 0.6 is 46.4 Å². The zero-order valence-electron chi connectivity index (χ0n) is 16.2. The Balaban J connectivity index is 1.74. The Labute approximate surface area is 201 Å². The fraction of sp³-hybridized carbons (Fsp3) is 0.182. The Bertz CT molecular complexity index is 1200. The fourth-order valence-corrected chi connectivity index (χ4v) is 6.32. The Kier molecular flexibility index (Phi) is 6.73. The molecule has 162 valence electrons. The third kappa shape index (κ3) is 4.68. The molecule has 1 aliphatic rings. The third-order valence-electron chi connectivity index (χ3n) is 5.27. The van der Waals surface area contributed by atoms with Crippen molar-refractivity contribution >= 4 is 62.1 Å². The molecule has 1 saturated heterocycles. The van der Waals surface area contributed by atoms with Crippen molar-refractivity contribution in [2.45, 2.75) is 10.9 Å². The minimum Gasteiger partial charge on any atom is -0.361 e. The second-order valence-corrected chi connectivity index (χ2v) is 10.7. The van der Waals surface area contributed by atoms with Gasteiger partial charge in [-0.15, -0.1) is 0 Å². The van der Waals surface area contributed by atoms with Crippen molar-refractivity contribution in [3.05, 3.63) is 92.4 Å². The number of sulfonamides is 1. The van der Waals surface area contributed by atoms with Crippen molar-refractivity contribution in [3.8, 4) is 0 Å². The molecule has 1 aliphatic heterocycles. The molecule has 0 N–H and O–H groups in total. The lowest BCUT2D eigenvalue weighted by Gasteiger charge is -2.42. The fourth-order valence-electron chi connectivity index (χ4n) is 3.74. The van der Waals surface area contributed by atoms with Crippen molar-refractivity contribution in [2.24, 2.45) is 0 Å². The van der Waals surface area contributed by atoms with Crippen LogP contribution < -0.4 is 4.90 Å². The van der Waals surface area contributed by atoms with Gasteiger partial charge in [0.25, 0.3) is 0 Å². The maximum absolute atomic E-state index is 13.4. The second-order valence-electron chi connectivity index (χ2n) is 7.15. The number of piperazine rings is 1. The van der Waals surface area contributed by atoms with Gasteiger partial charge in [0.1, 0.15) is 4.90 Å². The van der Waals surface area contributed by atoms with E-state index in [0.29, 0.717) is 21.6 Å². The van der Waals surface area contributed by atoms with E-state index in [0.717, 1.165) is 11.3 Å². The van der Waals surface area contributed by atoms with Crippen LogP contribution in [0.15, 0.2) is 71.6 Å². The van der Waals surface area contributed by atoms with Gasteiger partial charge in [-0.25, -0.2) is 8.42 Å². The van der Waals surface area contributed by atoms with Gasteiger partial charge in [0.15, 0.2) is 0 Å². The molecule has 1 unspecified atom stereocenters. The van der Waals surface area contributed by atoms with Crippen LogP contribution in [0.4, 0.5) is 5.69 Å². The number of benzene rings is 3. The van der Waals surface area contributed by atoms with Crippen molar-refractivity contribution < 1.29 is 8.42 Å². The number of hydrogen-bond acceptors (Lipinski definition) is 3. The number of anilines is 1. The molecule has 3 aromatic rings. The lowest BCUT2D eigenvalue weighted by molar-refractivity contribution is 0.335. The largest absolute Gasteiger partial charge is 0.361 e. The lowest BCUT2D eigenvalue weighted by atomic mass is 10.0. The average molecular weight is 516 g/mol. The predicted molar refractivity (Wildman–Crippen MR) is 128 cm³/mol. The summed E-state index contributed by atoms with van der Waals surface area (Å²) in [6.07, 6.45) is 0. The van der Waals surface area contributed by atoms with Gasteiger partial charge in [0.2, 0.25) is 10.0 Å². The minimum absolute atomic E-state index is 0.101. The topological polar surface area (TPSA) is 40.6 Å². The predicted octanol–water partition coefficient (Wildman–Crippen LogP) is 6.55. The van der Waals surface area contributed by atoms with E-state index < -0.39 is 10.0 Å². The Morgan fingerprint density at radius 1 is 0.774 bits per heavy atom. The standard InChI is InChI=1S/C22H18Cl4N2O2S/c23-16-7-5-15(6-8-16)21-14-27(31(29,30)22-4-2-1-3-18(22)25)11-12-28(21)20-10-9-17(24)13-19(20)26/h1-10,13,21H,11-12,14H2. The van der Waals surface area contributed by atoms with E-state index in [1.54, 1.807) is 42.5 Å². The molecule has 0 bridgehead atoms. The van der Waals surface area contributed by atoms with Crippen LogP contribution in [0, 0.1) is 0 Å². The summed E-state index contributed by atoms with van der Waals surface area (Å²) in [6, 6.07) is 18.9. The summed E-state index contributed by atoms with van der Waals surface area (Å²) in [7, 11) is -3.77. The highest BCUT2D eigenvalue weighted by Gasteiger charge is 2.36. The van der Waals surface area contributed by atoms with E-state index in [-0.39, 0.29) is 29.0 Å². The van der Waals surface area contributed by atoms with E-state index in [9.17, 15) is 8.42 Å². The van der Waals surface area contributed by atoms with E-state index in [4.69, 9.17) is 46.4 Å². The molecule has 0 amide bonds. The monoisotopic (exact) mass is 514 g/mol. The van der Waals surface area contributed by atoms with Gasteiger partial charge >= 0.3 is 0 Å². The van der Waals surface area contributed by atoms with Crippen LogP contribution in [0.3, 0.4) is 0 Å². The van der Waals surface area contributed by atoms with Gasteiger partial charge in [0, 0.05) is 29.7 Å². The molecule has 0 aliphatic carbocycles. The van der Waals surface area contributed by atoms with Gasteiger partial charge in [-0.2, -0.15) is 4.31 Å². The van der Waals surface area contributed by atoms with Gasteiger partial charge in [-0.1, -0.05) is 70.7 Å². The van der Waals surface area contributed by atoms with Gasteiger partial charge < -0.3 is 4.90 Å². The molecule has 4 rings (SSSR count). The van der Waals surface area contributed by atoms with Crippen molar-refractivity contribution in [2.75, 3.05) is 24.5 Å². The number of rotatable bonds is 4. The maximum Gasteiger partial charge on any atom is 0.244 e. The quantitative estimate of drug-likeness (QED) is 0.395. The zero-order chi connectivity index (χ0) is 22.2. The Morgan fingerprint density at radius 2 is 1.45 bits per heavy atom. The van der Waals surface area contributed by atoms with E-state index >= 15 is 0 Å². The molecular weight excluding hydrogens is 498 g/mol. The van der Waals surface area contributed by atoms with E-state index in [1.165, 1.54) is 10.4 Å². The smallest absolute Gasteiger partial charge is 0.244 e. The summed E-state index contributed by atoms with van der Waals surface area (Å²) in [4.78, 5) is 2.20. The molecule has 0 spiro atoms. The van der Waals surface area contributed by atoms with Crippen LogP contribution in [0.1, 0.15) is 11.6 Å². The van der Waals surface area contributed by atoms with Crippen molar-refractivity contribution in [1.82, 2.24) is 4.31 Å². The van der Waals surface area contributed by atoms with Crippen LogP contribution in [0.5, 0.6) is 0 Å². The van der Waals surface area contributed by atoms with Crippen LogP contribution in [-0.4, -0.2) is 32.4 Å². The summed E-state index contributed by atoms with van der Waals surface area (Å²) in [5.74, 6) is 0. The SMILES string of the molecule is O=S(=O)(c1ccccc1Cl)N1CCN(c2ccc(Cl)cc2Cl)C(c2ccc(Cl)cc2)C1. The van der Waals surface area contributed by atoms with Crippen LogP contribution in [-0.2, 0) is 10.0 Å². The van der Waals surface area contributed by atoms with Gasteiger partial charge in [-0.3, -0.25) is 0 Å². The molecular formula is C22H18Cl4N2O2S. The van der Waals surface area contributed by atoms with E-state index in [2.05, 4.69) is 4.90 Å². The molecule has 4 nitrogen and oxygen atoms in total. The second kappa shape index (κ2) is 9.18. The Hall–Kier alpha value is -1.47. The molecule has 1 fully saturated rings. The highest BCUT2D eigenvalue weighted by Crippen LogP contribution is 2.38. The summed E-state index contributed by atoms with van der Waals surface area (Å²) in [5.41, 5.74) is 1.72. The van der Waals surface area contributed by atoms with E-state index in [1.807, 2.05) is 18.2 Å². The molecule has 1 atom stereocenters. The number of halogens is 4. The Morgan fingerprint density at radius 3 is 2.13 bits per heavy atom. The molecule has 0 aromatic heterocycles. The first kappa shape index (κ1) is 22.7. The highest BCUT2D eigenvalue weighted by atomic mass is 35.5. The minimum atomic E-state index is -3.77. The zero-order valence-corrected chi connectivity index (χ0v) is 20.0.